The average Bonchev–Trinajstić information content (AvgIpc) is 3.54. The Kier molecular flexibility index (Phi) is 11.1. The molecule has 1 aromatic heterocycles. The van der Waals surface area contributed by atoms with Crippen LogP contribution in [0.2, 0.25) is 0 Å². The van der Waals surface area contributed by atoms with Gasteiger partial charge < -0.3 is 25.6 Å². The lowest BCUT2D eigenvalue weighted by Gasteiger charge is -2.39. The van der Waals surface area contributed by atoms with E-state index < -0.39 is 35.1 Å². The second-order valence-electron chi connectivity index (χ2n) is 11.8. The number of carbonyl (C=O) groups is 4. The number of carbonyl (C=O) groups excluding carboxylic acids is 4. The number of nitrogens with one attached hydrogen (secondary N) is 3. The number of morpholine rings is 1. The van der Waals surface area contributed by atoms with Crippen molar-refractivity contribution in [3.05, 3.63) is 47.5 Å². The zero-order valence-electron chi connectivity index (χ0n) is 26.2. The molecule has 44 heavy (non-hydrogen) atoms. The fourth-order valence-corrected chi connectivity index (χ4v) is 6.12. The van der Waals surface area contributed by atoms with E-state index in [4.69, 9.17) is 4.74 Å². The van der Waals surface area contributed by atoms with E-state index in [1.54, 1.807) is 48.7 Å². The number of aromatic nitrogens is 2. The van der Waals surface area contributed by atoms with Gasteiger partial charge in [0, 0.05) is 38.2 Å². The molecular weight excluding hydrogens is 567 g/mol. The number of aryl methyl sites for hydroxylation is 1. The van der Waals surface area contributed by atoms with Crippen molar-refractivity contribution in [2.24, 2.45) is 5.92 Å². The lowest BCUT2D eigenvalue weighted by Crippen LogP contribution is -2.60. The highest BCUT2D eigenvalue weighted by Crippen LogP contribution is 2.34. The fourth-order valence-electron chi connectivity index (χ4n) is 6.12. The third-order valence-corrected chi connectivity index (χ3v) is 9.01. The predicted molar refractivity (Wildman–Crippen MR) is 163 cm³/mol. The summed E-state index contributed by atoms with van der Waals surface area (Å²) in [5.41, 5.74) is -0.476. The molecule has 1 aliphatic carbocycles. The number of hydrogen-bond donors (Lipinski definition) is 3. The van der Waals surface area contributed by atoms with Gasteiger partial charge in [-0.05, 0) is 56.4 Å². The molecule has 2 aliphatic rings. The molecule has 11 nitrogen and oxygen atoms in total. The number of halogens is 1. The number of hydrogen-bond acceptors (Lipinski definition) is 6. The molecule has 0 radical (unpaired) electrons. The maximum Gasteiger partial charge on any atom is 0.270 e. The van der Waals surface area contributed by atoms with Crippen LogP contribution in [0, 0.1) is 11.7 Å². The lowest BCUT2D eigenvalue weighted by atomic mass is 9.75. The minimum atomic E-state index is -1.29. The molecule has 240 valence electrons. The van der Waals surface area contributed by atoms with Crippen LogP contribution in [0.5, 0.6) is 0 Å². The van der Waals surface area contributed by atoms with E-state index in [2.05, 4.69) is 21.0 Å². The highest BCUT2D eigenvalue weighted by molar-refractivity contribution is 6.03. The van der Waals surface area contributed by atoms with Gasteiger partial charge in [-0.3, -0.25) is 23.9 Å². The van der Waals surface area contributed by atoms with Crippen molar-refractivity contribution in [2.75, 3.05) is 31.6 Å². The van der Waals surface area contributed by atoms with E-state index in [1.807, 2.05) is 6.92 Å². The number of amides is 4. The van der Waals surface area contributed by atoms with Crippen LogP contribution in [-0.2, 0) is 25.7 Å². The van der Waals surface area contributed by atoms with Gasteiger partial charge in [0.1, 0.15) is 23.1 Å². The highest BCUT2D eigenvalue weighted by Gasteiger charge is 2.44. The Labute approximate surface area is 258 Å². The first-order valence-electron chi connectivity index (χ1n) is 15.7. The van der Waals surface area contributed by atoms with Crippen LogP contribution in [0.1, 0.15) is 88.2 Å². The van der Waals surface area contributed by atoms with Crippen LogP contribution in [-0.4, -0.2) is 76.2 Å². The summed E-state index contributed by atoms with van der Waals surface area (Å²) in [6.45, 7) is 9.22. The van der Waals surface area contributed by atoms with E-state index in [9.17, 15) is 19.2 Å². The summed E-state index contributed by atoms with van der Waals surface area (Å²) in [6, 6.07) is 5.12. The van der Waals surface area contributed by atoms with Crippen LogP contribution >= 0.6 is 0 Å². The molecule has 4 amide bonds. The molecule has 0 bridgehead atoms. The van der Waals surface area contributed by atoms with Gasteiger partial charge in [0.05, 0.1) is 18.9 Å². The van der Waals surface area contributed by atoms with E-state index in [0.29, 0.717) is 44.1 Å². The molecule has 0 unspecified atom stereocenters. The fraction of sp³-hybridized carbons (Fsp3) is 0.594. The molecule has 3 atom stereocenters. The van der Waals surface area contributed by atoms with Gasteiger partial charge in [-0.25, -0.2) is 4.39 Å². The average molecular weight is 613 g/mol. The molecule has 3 N–H and O–H groups in total. The number of ether oxygens (including phenoxy) is 1. The summed E-state index contributed by atoms with van der Waals surface area (Å²) in [4.78, 5) is 54.6. The van der Waals surface area contributed by atoms with Gasteiger partial charge in [-0.1, -0.05) is 39.2 Å². The maximum absolute atomic E-state index is 15.6. The second kappa shape index (κ2) is 14.8. The van der Waals surface area contributed by atoms with Gasteiger partial charge in [-0.2, -0.15) is 5.10 Å². The van der Waals surface area contributed by atoms with Crippen molar-refractivity contribution in [3.63, 3.8) is 0 Å². The van der Waals surface area contributed by atoms with Crippen molar-refractivity contribution in [2.45, 2.75) is 90.3 Å². The molecule has 0 spiro atoms. The number of nitrogens with zero attached hydrogens (tertiary/aromatic N) is 3. The summed E-state index contributed by atoms with van der Waals surface area (Å²) >= 11 is 0. The topological polar surface area (TPSA) is 135 Å². The molecule has 12 heteroatoms. The van der Waals surface area contributed by atoms with Crippen LogP contribution in [0.4, 0.5) is 10.1 Å². The smallest absolute Gasteiger partial charge is 0.270 e. The number of anilines is 1. The molecule has 1 saturated heterocycles. The van der Waals surface area contributed by atoms with E-state index >= 15 is 4.39 Å². The quantitative estimate of drug-likeness (QED) is 0.355. The molecule has 4 rings (SSSR count). The maximum atomic E-state index is 15.6. The van der Waals surface area contributed by atoms with Crippen molar-refractivity contribution in [1.29, 1.82) is 0 Å². The second-order valence-corrected chi connectivity index (χ2v) is 11.8. The third-order valence-electron chi connectivity index (χ3n) is 9.01. The number of benzene rings is 1. The Morgan fingerprint density at radius 1 is 1.09 bits per heavy atom. The molecule has 1 saturated carbocycles. The molecule has 2 fully saturated rings. The molecule has 1 aromatic carbocycles. The summed E-state index contributed by atoms with van der Waals surface area (Å²) in [5.74, 6) is -2.80. The van der Waals surface area contributed by atoms with Crippen LogP contribution < -0.4 is 16.0 Å². The van der Waals surface area contributed by atoms with Crippen molar-refractivity contribution < 1.29 is 28.3 Å². The standard InChI is InChI=1S/C32H45FN6O5/c1-5-27(40)36-28(30(42)38-16-18-44-19-17-38)21(3)22-12-13-25(24(33)20-22)35-31(43)32(4,23-10-8-7-9-11-23)37-29(41)26-14-15-34-39(26)6-2/h12-15,20-21,23,28H,5-11,16-19H2,1-4H3,(H,35,43)(H,36,40)(H,37,41)/t21-,28+,32+/m0/s1. The lowest BCUT2D eigenvalue weighted by molar-refractivity contribution is -0.140. The van der Waals surface area contributed by atoms with Gasteiger partial charge in [0.2, 0.25) is 17.7 Å². The van der Waals surface area contributed by atoms with Crippen LogP contribution in [0.25, 0.3) is 0 Å². The Bertz CT molecular complexity index is 1340. The Balaban J connectivity index is 1.55. The Morgan fingerprint density at radius 2 is 1.80 bits per heavy atom. The van der Waals surface area contributed by atoms with E-state index in [-0.39, 0.29) is 29.8 Å². The van der Waals surface area contributed by atoms with Gasteiger partial charge in [-0.15, -0.1) is 0 Å². The normalized spacial score (nSPS) is 18.5. The Morgan fingerprint density at radius 3 is 2.43 bits per heavy atom. The summed E-state index contributed by atoms with van der Waals surface area (Å²) in [5, 5.41) is 12.7. The first kappa shape index (κ1) is 33.1. The van der Waals surface area contributed by atoms with Crippen molar-refractivity contribution in [1.82, 2.24) is 25.3 Å². The van der Waals surface area contributed by atoms with Gasteiger partial charge in [0.25, 0.3) is 5.91 Å². The third kappa shape index (κ3) is 7.46. The van der Waals surface area contributed by atoms with Gasteiger partial charge in [0.15, 0.2) is 0 Å². The van der Waals surface area contributed by atoms with Crippen LogP contribution in [0.15, 0.2) is 30.5 Å². The molecular formula is C32H45FN6O5. The number of rotatable bonds is 11. The van der Waals surface area contributed by atoms with Crippen molar-refractivity contribution in [3.8, 4) is 0 Å². The SMILES string of the molecule is CCC(=O)N[C@@H](C(=O)N1CCOCC1)[C@@H](C)c1ccc(NC(=O)[C@](C)(NC(=O)c2ccnn2CC)C2CCCCC2)c(F)c1. The van der Waals surface area contributed by atoms with Gasteiger partial charge >= 0.3 is 0 Å². The first-order valence-corrected chi connectivity index (χ1v) is 15.7. The zero-order chi connectivity index (χ0) is 31.9. The predicted octanol–water partition coefficient (Wildman–Crippen LogP) is 3.61. The highest BCUT2D eigenvalue weighted by atomic mass is 19.1. The van der Waals surface area contributed by atoms with Crippen LogP contribution in [0.3, 0.4) is 0 Å². The summed E-state index contributed by atoms with van der Waals surface area (Å²) in [6.07, 6.45) is 6.21. The monoisotopic (exact) mass is 612 g/mol. The summed E-state index contributed by atoms with van der Waals surface area (Å²) in [7, 11) is 0. The minimum absolute atomic E-state index is 0.0329. The first-order chi connectivity index (χ1) is 21.1. The van der Waals surface area contributed by atoms with E-state index in [0.717, 1.165) is 32.1 Å². The molecule has 1 aliphatic heterocycles. The Hall–Kier alpha value is -3.80. The molecule has 2 heterocycles. The summed E-state index contributed by atoms with van der Waals surface area (Å²) < 4.78 is 22.5. The minimum Gasteiger partial charge on any atom is -0.378 e. The zero-order valence-corrected chi connectivity index (χ0v) is 26.2. The van der Waals surface area contributed by atoms with E-state index in [1.165, 1.54) is 12.1 Å². The molecule has 2 aromatic rings. The largest absolute Gasteiger partial charge is 0.378 e. The van der Waals surface area contributed by atoms with Crippen molar-refractivity contribution >= 4 is 29.3 Å².